The second-order valence-electron chi connectivity index (χ2n) is 8.86. The Balaban J connectivity index is 1.76. The third-order valence-electron chi connectivity index (χ3n) is 5.95. The SMILES string of the molecule is CCCN1c2cc(C)c(/C=N/NC(=O)Nc3ccccc3OC)cc2C(C)CC1(C)C. The van der Waals surface area contributed by atoms with Crippen molar-refractivity contribution in [1.29, 1.82) is 0 Å². The van der Waals surface area contributed by atoms with Crippen LogP contribution in [0.25, 0.3) is 0 Å². The van der Waals surface area contributed by atoms with Crippen LogP contribution in [0.5, 0.6) is 5.75 Å². The molecule has 2 N–H and O–H groups in total. The number of ether oxygens (including phenoxy) is 1. The fourth-order valence-corrected chi connectivity index (χ4v) is 4.50. The van der Waals surface area contributed by atoms with Crippen molar-refractivity contribution in [3.05, 3.63) is 53.1 Å². The number of nitrogens with one attached hydrogen (secondary N) is 2. The monoisotopic (exact) mass is 422 g/mol. The Morgan fingerprint density at radius 3 is 2.77 bits per heavy atom. The van der Waals surface area contributed by atoms with Gasteiger partial charge in [-0.2, -0.15) is 5.10 Å². The largest absolute Gasteiger partial charge is 0.495 e. The van der Waals surface area contributed by atoms with Gasteiger partial charge >= 0.3 is 6.03 Å². The fourth-order valence-electron chi connectivity index (χ4n) is 4.50. The highest BCUT2D eigenvalue weighted by Gasteiger charge is 2.36. The minimum absolute atomic E-state index is 0.141. The number of urea groups is 1. The number of methoxy groups -OCH3 is 1. The number of carbonyl (C=O) groups excluding carboxylic acids is 1. The first kappa shape index (κ1) is 22.7. The number of anilines is 2. The number of carbonyl (C=O) groups is 1. The van der Waals surface area contributed by atoms with Crippen molar-refractivity contribution in [2.75, 3.05) is 23.9 Å². The van der Waals surface area contributed by atoms with Crippen molar-refractivity contribution in [3.8, 4) is 5.75 Å². The highest BCUT2D eigenvalue weighted by Crippen LogP contribution is 2.44. The Morgan fingerprint density at radius 2 is 2.06 bits per heavy atom. The van der Waals surface area contributed by atoms with Crippen LogP contribution in [0.15, 0.2) is 41.5 Å². The van der Waals surface area contributed by atoms with E-state index >= 15 is 0 Å². The third kappa shape index (κ3) is 5.01. The maximum atomic E-state index is 12.2. The van der Waals surface area contributed by atoms with Gasteiger partial charge < -0.3 is 15.0 Å². The maximum absolute atomic E-state index is 12.2. The van der Waals surface area contributed by atoms with Gasteiger partial charge in [-0.25, -0.2) is 10.2 Å². The van der Waals surface area contributed by atoms with Gasteiger partial charge in [0.2, 0.25) is 0 Å². The minimum atomic E-state index is -0.416. The van der Waals surface area contributed by atoms with E-state index in [0.29, 0.717) is 17.4 Å². The molecule has 0 saturated carbocycles. The molecule has 0 fully saturated rings. The normalized spacial score (nSPS) is 17.4. The third-order valence-corrected chi connectivity index (χ3v) is 5.95. The van der Waals surface area contributed by atoms with Gasteiger partial charge in [-0.15, -0.1) is 0 Å². The van der Waals surface area contributed by atoms with E-state index in [0.717, 1.165) is 30.5 Å². The molecule has 1 unspecified atom stereocenters. The first-order valence-electron chi connectivity index (χ1n) is 10.9. The molecular formula is C25H34N4O2. The van der Waals surface area contributed by atoms with Gasteiger partial charge in [0, 0.05) is 17.8 Å². The summed E-state index contributed by atoms with van der Waals surface area (Å²) in [6, 6.07) is 11.3. The predicted molar refractivity (Wildman–Crippen MR) is 129 cm³/mol. The van der Waals surface area contributed by atoms with Crippen LogP contribution in [0.3, 0.4) is 0 Å². The Bertz CT molecular complexity index is 968. The Morgan fingerprint density at radius 1 is 1.32 bits per heavy atom. The second-order valence-corrected chi connectivity index (χ2v) is 8.86. The summed E-state index contributed by atoms with van der Waals surface area (Å²) in [5.74, 6) is 1.06. The molecule has 3 rings (SSSR count). The lowest BCUT2D eigenvalue weighted by Gasteiger charge is -2.48. The van der Waals surface area contributed by atoms with Crippen LogP contribution in [0.4, 0.5) is 16.2 Å². The van der Waals surface area contributed by atoms with E-state index in [9.17, 15) is 4.79 Å². The molecule has 2 aromatic rings. The standard InChI is InChI=1S/C25H34N4O2/c1-7-12-29-22-13-17(2)19(14-20(22)18(3)15-25(29,4)5)16-26-28-24(30)27-21-10-8-9-11-23(21)31-6/h8-11,13-14,16,18H,7,12,15H2,1-6H3,(H2,27,28,30)/b26-16+. The lowest BCUT2D eigenvalue weighted by molar-refractivity contribution is 0.252. The van der Waals surface area contributed by atoms with E-state index in [2.05, 4.69) is 67.5 Å². The number of hydrazone groups is 1. The molecule has 31 heavy (non-hydrogen) atoms. The van der Waals surface area contributed by atoms with Gasteiger partial charge in [-0.1, -0.05) is 26.0 Å². The van der Waals surface area contributed by atoms with Crippen LogP contribution < -0.4 is 20.4 Å². The molecule has 0 radical (unpaired) electrons. The summed E-state index contributed by atoms with van der Waals surface area (Å²) in [5.41, 5.74) is 8.10. The minimum Gasteiger partial charge on any atom is -0.495 e. The van der Waals surface area contributed by atoms with Crippen molar-refractivity contribution < 1.29 is 9.53 Å². The predicted octanol–water partition coefficient (Wildman–Crippen LogP) is 5.66. The summed E-state index contributed by atoms with van der Waals surface area (Å²) >= 11 is 0. The van der Waals surface area contributed by atoms with Crippen molar-refractivity contribution in [2.45, 2.75) is 58.9 Å². The molecule has 1 aliphatic heterocycles. The van der Waals surface area contributed by atoms with E-state index in [1.165, 1.54) is 11.3 Å². The van der Waals surface area contributed by atoms with E-state index < -0.39 is 6.03 Å². The zero-order chi connectivity index (χ0) is 22.6. The van der Waals surface area contributed by atoms with Gasteiger partial charge in [0.25, 0.3) is 0 Å². The summed E-state index contributed by atoms with van der Waals surface area (Å²) < 4.78 is 5.25. The first-order chi connectivity index (χ1) is 14.8. The average molecular weight is 423 g/mol. The molecule has 0 aromatic heterocycles. The van der Waals surface area contributed by atoms with Gasteiger partial charge in [0.05, 0.1) is 19.0 Å². The molecule has 2 aromatic carbocycles. The van der Waals surface area contributed by atoms with Crippen molar-refractivity contribution in [2.24, 2.45) is 5.10 Å². The number of hydrogen-bond donors (Lipinski definition) is 2. The number of hydrogen-bond acceptors (Lipinski definition) is 4. The van der Waals surface area contributed by atoms with E-state index in [1.807, 2.05) is 12.1 Å². The van der Waals surface area contributed by atoms with Crippen LogP contribution in [0.1, 0.15) is 63.1 Å². The zero-order valence-electron chi connectivity index (χ0n) is 19.5. The Labute approximate surface area is 185 Å². The first-order valence-corrected chi connectivity index (χ1v) is 10.9. The molecule has 0 aliphatic carbocycles. The summed E-state index contributed by atoms with van der Waals surface area (Å²) in [5, 5.41) is 6.92. The average Bonchev–Trinajstić information content (AvgIpc) is 2.72. The molecule has 166 valence electrons. The Kier molecular flexibility index (Phi) is 6.88. The summed E-state index contributed by atoms with van der Waals surface area (Å²) in [7, 11) is 1.57. The van der Waals surface area contributed by atoms with Crippen LogP contribution >= 0.6 is 0 Å². The topological polar surface area (TPSA) is 66.0 Å². The van der Waals surface area contributed by atoms with Gasteiger partial charge in [-0.05, 0) is 80.5 Å². The maximum Gasteiger partial charge on any atom is 0.339 e. The highest BCUT2D eigenvalue weighted by molar-refractivity contribution is 5.92. The molecule has 1 aliphatic rings. The Hall–Kier alpha value is -3.02. The number of rotatable bonds is 6. The van der Waals surface area contributed by atoms with E-state index in [1.54, 1.807) is 25.5 Å². The fraction of sp³-hybridized carbons (Fsp3) is 0.440. The van der Waals surface area contributed by atoms with E-state index in [4.69, 9.17) is 4.74 Å². The summed E-state index contributed by atoms with van der Waals surface area (Å²) in [6.07, 6.45) is 3.94. The lowest BCUT2D eigenvalue weighted by Crippen LogP contribution is -2.48. The molecule has 6 heteroatoms. The number of nitrogens with zero attached hydrogens (tertiary/aromatic N) is 2. The smallest absolute Gasteiger partial charge is 0.339 e. The van der Waals surface area contributed by atoms with Crippen LogP contribution in [-0.2, 0) is 0 Å². The second kappa shape index (κ2) is 9.41. The quantitative estimate of drug-likeness (QED) is 0.466. The van der Waals surface area contributed by atoms with Crippen LogP contribution in [0.2, 0.25) is 0 Å². The highest BCUT2D eigenvalue weighted by atomic mass is 16.5. The van der Waals surface area contributed by atoms with Gasteiger partial charge in [-0.3, -0.25) is 0 Å². The molecule has 0 spiro atoms. The van der Waals surface area contributed by atoms with E-state index in [-0.39, 0.29) is 5.54 Å². The number of fused-ring (bicyclic) bond motifs is 1. The van der Waals surface area contributed by atoms with Crippen LogP contribution in [-0.4, -0.2) is 31.4 Å². The molecule has 2 amide bonds. The molecule has 1 heterocycles. The van der Waals surface area contributed by atoms with Gasteiger partial charge in [0.1, 0.15) is 5.75 Å². The molecule has 0 bridgehead atoms. The summed E-state index contributed by atoms with van der Waals surface area (Å²) in [6.45, 7) is 12.3. The molecule has 0 saturated heterocycles. The van der Waals surface area contributed by atoms with Crippen LogP contribution in [0, 0.1) is 6.92 Å². The molecule has 6 nitrogen and oxygen atoms in total. The van der Waals surface area contributed by atoms with Crippen molar-refractivity contribution in [3.63, 3.8) is 0 Å². The number of amides is 2. The zero-order valence-corrected chi connectivity index (χ0v) is 19.5. The van der Waals surface area contributed by atoms with Crippen molar-refractivity contribution >= 4 is 23.6 Å². The number of benzene rings is 2. The summed E-state index contributed by atoms with van der Waals surface area (Å²) in [4.78, 5) is 14.8. The molecular weight excluding hydrogens is 388 g/mol. The number of para-hydroxylation sites is 2. The van der Waals surface area contributed by atoms with Gasteiger partial charge in [0.15, 0.2) is 0 Å². The lowest BCUT2D eigenvalue weighted by atomic mass is 9.79. The van der Waals surface area contributed by atoms with Crippen molar-refractivity contribution in [1.82, 2.24) is 5.43 Å². The molecule has 1 atom stereocenters. The number of aryl methyl sites for hydroxylation is 1.